The minimum absolute atomic E-state index is 0.319. The number of fused-ring (bicyclic) bond motifs is 2. The highest BCUT2D eigenvalue weighted by Gasteiger charge is 2.42. The second-order valence-corrected chi connectivity index (χ2v) is 7.96. The lowest BCUT2D eigenvalue weighted by molar-refractivity contribution is 0.0508. The number of rotatable bonds is 3. The third kappa shape index (κ3) is 3.74. The Morgan fingerprint density at radius 3 is 2.62 bits per heavy atom. The van der Waals surface area contributed by atoms with Gasteiger partial charge in [0.05, 0.1) is 5.69 Å². The quantitative estimate of drug-likeness (QED) is 0.889. The molecular weight excluding hydrogens is 304 g/mol. The lowest BCUT2D eigenvalue weighted by Crippen LogP contribution is -2.46. The fraction of sp³-hybridized carbons (Fsp3) is 0.667. The number of carbonyl (C=O) groups excluding carboxylic acids is 1. The van der Waals surface area contributed by atoms with E-state index in [0.29, 0.717) is 30.1 Å². The van der Waals surface area contributed by atoms with Crippen molar-refractivity contribution in [3.63, 3.8) is 0 Å². The van der Waals surface area contributed by atoms with Gasteiger partial charge in [0.15, 0.2) is 0 Å². The molecule has 6 heteroatoms. The number of piperidine rings is 1. The highest BCUT2D eigenvalue weighted by Crippen LogP contribution is 2.43. The Hall–Kier alpha value is -1.98. The molecule has 1 saturated heterocycles. The second kappa shape index (κ2) is 6.49. The summed E-state index contributed by atoms with van der Waals surface area (Å²) in [5.74, 6) is 2.28. The number of hydrogen-bond donors (Lipinski definition) is 2. The highest BCUT2D eigenvalue weighted by molar-refractivity contribution is 5.67. The number of ether oxygens (including phenoxy) is 1. The number of nitrogens with two attached hydrogens (primary N) is 1. The maximum absolute atomic E-state index is 11.9. The van der Waals surface area contributed by atoms with E-state index in [9.17, 15) is 4.79 Å². The molecule has 0 aromatic carbocycles. The summed E-state index contributed by atoms with van der Waals surface area (Å²) in [5, 5.41) is 2.96. The molecule has 2 heterocycles. The molecule has 132 valence electrons. The Bertz CT molecular complexity index is 585. The normalized spacial score (nSPS) is 26.3. The predicted molar refractivity (Wildman–Crippen MR) is 94.8 cm³/mol. The van der Waals surface area contributed by atoms with E-state index in [1.54, 1.807) is 6.20 Å². The summed E-state index contributed by atoms with van der Waals surface area (Å²) in [7, 11) is 0. The maximum atomic E-state index is 11.9. The summed E-state index contributed by atoms with van der Waals surface area (Å²) in [5.41, 5.74) is 6.61. The van der Waals surface area contributed by atoms with Gasteiger partial charge in [-0.15, -0.1) is 0 Å². The van der Waals surface area contributed by atoms with Gasteiger partial charge in [0.1, 0.15) is 11.4 Å². The molecule has 2 aliphatic rings. The fourth-order valence-electron chi connectivity index (χ4n) is 4.06. The van der Waals surface area contributed by atoms with E-state index < -0.39 is 5.60 Å². The van der Waals surface area contributed by atoms with Crippen molar-refractivity contribution in [3.8, 4) is 0 Å². The van der Waals surface area contributed by atoms with E-state index in [0.717, 1.165) is 18.8 Å². The van der Waals surface area contributed by atoms with Gasteiger partial charge in [-0.2, -0.15) is 0 Å². The Kier molecular flexibility index (Phi) is 4.56. The van der Waals surface area contributed by atoms with Crippen LogP contribution in [0.15, 0.2) is 18.3 Å². The Balaban J connectivity index is 1.58. The zero-order valence-electron chi connectivity index (χ0n) is 14.8. The average molecular weight is 332 g/mol. The van der Waals surface area contributed by atoms with Crippen LogP contribution in [0.2, 0.25) is 0 Å². The highest BCUT2D eigenvalue weighted by atomic mass is 16.6. The zero-order valence-corrected chi connectivity index (χ0v) is 14.8. The molecule has 1 aliphatic heterocycles. The minimum atomic E-state index is -0.454. The molecule has 1 aliphatic carbocycles. The van der Waals surface area contributed by atoms with Crippen molar-refractivity contribution in [1.29, 1.82) is 0 Å². The molecule has 3 atom stereocenters. The smallest absolute Gasteiger partial charge is 0.407 e. The van der Waals surface area contributed by atoms with Gasteiger partial charge in [-0.3, -0.25) is 0 Å². The van der Waals surface area contributed by atoms with Gasteiger partial charge in [-0.1, -0.05) is 0 Å². The van der Waals surface area contributed by atoms with Crippen LogP contribution in [0, 0.1) is 17.8 Å². The van der Waals surface area contributed by atoms with E-state index in [2.05, 4.69) is 15.2 Å². The molecule has 3 N–H and O–H groups in total. The number of amides is 1. The van der Waals surface area contributed by atoms with Crippen molar-refractivity contribution < 1.29 is 9.53 Å². The first kappa shape index (κ1) is 16.9. The van der Waals surface area contributed by atoms with Crippen molar-refractivity contribution >= 4 is 17.6 Å². The topological polar surface area (TPSA) is 80.5 Å². The number of nitrogens with zero attached hydrogens (tertiary/aromatic N) is 2. The Morgan fingerprint density at radius 2 is 2.04 bits per heavy atom. The molecule has 1 aromatic rings. The van der Waals surface area contributed by atoms with Gasteiger partial charge in [0.25, 0.3) is 0 Å². The van der Waals surface area contributed by atoms with Gasteiger partial charge in [-0.05, 0) is 63.5 Å². The molecule has 3 rings (SSSR count). The van der Waals surface area contributed by atoms with Crippen LogP contribution in [0.25, 0.3) is 0 Å². The van der Waals surface area contributed by atoms with E-state index in [-0.39, 0.29) is 6.09 Å². The van der Waals surface area contributed by atoms with Gasteiger partial charge in [0, 0.05) is 25.8 Å². The van der Waals surface area contributed by atoms with Gasteiger partial charge >= 0.3 is 6.09 Å². The minimum Gasteiger partial charge on any atom is -0.444 e. The van der Waals surface area contributed by atoms with Crippen LogP contribution in [-0.4, -0.2) is 36.3 Å². The summed E-state index contributed by atoms with van der Waals surface area (Å²) in [6.45, 7) is 8.30. The Labute approximate surface area is 143 Å². The summed E-state index contributed by atoms with van der Waals surface area (Å²) in [4.78, 5) is 18.5. The number of anilines is 2. The standard InChI is InChI=1S/C18H28N4O2/c1-18(2,3)24-17(23)21-9-14-12-6-7-13(14)11-22(10-12)15-5-4-8-20-16(15)19/h4-5,8,12-14H,6-7,9-11H2,1-3H3,(H2,19,20)(H,21,23)/t12-,13+,14?. The molecule has 6 nitrogen and oxygen atoms in total. The molecule has 1 saturated carbocycles. The largest absolute Gasteiger partial charge is 0.444 e. The summed E-state index contributed by atoms with van der Waals surface area (Å²) in [6, 6.07) is 3.98. The number of nitrogens with one attached hydrogen (secondary N) is 1. The first-order valence-electron chi connectivity index (χ1n) is 8.76. The lowest BCUT2D eigenvalue weighted by atomic mass is 9.85. The van der Waals surface area contributed by atoms with Crippen LogP contribution in [0.4, 0.5) is 16.3 Å². The van der Waals surface area contributed by atoms with Gasteiger partial charge in [0.2, 0.25) is 0 Å². The van der Waals surface area contributed by atoms with E-state index in [1.165, 1.54) is 12.8 Å². The van der Waals surface area contributed by atoms with Crippen LogP contribution in [-0.2, 0) is 4.74 Å². The van der Waals surface area contributed by atoms with Crippen molar-refractivity contribution in [3.05, 3.63) is 18.3 Å². The summed E-state index contributed by atoms with van der Waals surface area (Å²) in [6.07, 6.45) is 3.83. The molecule has 0 spiro atoms. The second-order valence-electron chi connectivity index (χ2n) is 7.96. The van der Waals surface area contributed by atoms with Crippen molar-refractivity contribution in [2.45, 2.75) is 39.2 Å². The molecular formula is C18H28N4O2. The predicted octanol–water partition coefficient (Wildman–Crippen LogP) is 2.65. The first-order chi connectivity index (χ1) is 11.3. The molecule has 24 heavy (non-hydrogen) atoms. The number of carbonyl (C=O) groups is 1. The number of pyridine rings is 1. The van der Waals surface area contributed by atoms with Crippen LogP contribution >= 0.6 is 0 Å². The van der Waals surface area contributed by atoms with Crippen LogP contribution in [0.3, 0.4) is 0 Å². The van der Waals surface area contributed by atoms with E-state index in [4.69, 9.17) is 10.5 Å². The number of hydrogen-bond acceptors (Lipinski definition) is 5. The third-order valence-electron chi connectivity index (χ3n) is 5.07. The number of nitrogen functional groups attached to an aromatic ring is 1. The summed E-state index contributed by atoms with van der Waals surface area (Å²) >= 11 is 0. The van der Waals surface area contributed by atoms with Crippen LogP contribution < -0.4 is 16.0 Å². The molecule has 1 aromatic heterocycles. The van der Waals surface area contributed by atoms with Crippen molar-refractivity contribution in [1.82, 2.24) is 10.3 Å². The summed E-state index contributed by atoms with van der Waals surface area (Å²) < 4.78 is 5.34. The van der Waals surface area contributed by atoms with Crippen LogP contribution in [0.1, 0.15) is 33.6 Å². The van der Waals surface area contributed by atoms with Crippen molar-refractivity contribution in [2.24, 2.45) is 17.8 Å². The Morgan fingerprint density at radius 1 is 1.38 bits per heavy atom. The average Bonchev–Trinajstić information content (AvgIpc) is 2.72. The SMILES string of the molecule is CC(C)(C)OC(=O)NCC1[C@@H]2CC[C@H]1CN(c1cccnc1N)C2. The fourth-order valence-corrected chi connectivity index (χ4v) is 4.06. The number of aromatic nitrogens is 1. The molecule has 2 bridgehead atoms. The third-order valence-corrected chi connectivity index (χ3v) is 5.07. The number of alkyl carbamates (subject to hydrolysis) is 1. The van der Waals surface area contributed by atoms with Crippen molar-refractivity contribution in [2.75, 3.05) is 30.3 Å². The van der Waals surface area contributed by atoms with Gasteiger partial charge in [-0.25, -0.2) is 9.78 Å². The lowest BCUT2D eigenvalue weighted by Gasteiger charge is -2.39. The zero-order chi connectivity index (χ0) is 17.3. The van der Waals surface area contributed by atoms with Crippen LogP contribution in [0.5, 0.6) is 0 Å². The molecule has 1 amide bonds. The monoisotopic (exact) mass is 332 g/mol. The molecule has 1 unspecified atom stereocenters. The van der Waals surface area contributed by atoms with E-state index >= 15 is 0 Å². The molecule has 2 fully saturated rings. The molecule has 0 radical (unpaired) electrons. The first-order valence-corrected chi connectivity index (χ1v) is 8.76. The maximum Gasteiger partial charge on any atom is 0.407 e. The van der Waals surface area contributed by atoms with Gasteiger partial charge < -0.3 is 20.7 Å². The van der Waals surface area contributed by atoms with E-state index in [1.807, 2.05) is 32.9 Å².